The Morgan fingerprint density at radius 1 is 1.39 bits per heavy atom. The van der Waals surface area contributed by atoms with Gasteiger partial charge < -0.3 is 9.84 Å². The Morgan fingerprint density at radius 2 is 2.00 bits per heavy atom. The number of hydrogen-bond acceptors (Lipinski definition) is 4. The van der Waals surface area contributed by atoms with E-state index in [9.17, 15) is 18.3 Å². The maximum Gasteiger partial charge on any atom is 0.324 e. The molecular weight excluding hydrogens is 258 g/mol. The van der Waals surface area contributed by atoms with Gasteiger partial charge in [0.25, 0.3) is 0 Å². The molecule has 2 aliphatic rings. The highest BCUT2D eigenvalue weighted by Crippen LogP contribution is 2.48. The molecule has 0 bridgehead atoms. The van der Waals surface area contributed by atoms with Crippen molar-refractivity contribution in [2.75, 3.05) is 20.3 Å². The summed E-state index contributed by atoms with van der Waals surface area (Å²) >= 11 is 0. The van der Waals surface area contributed by atoms with Gasteiger partial charge in [-0.05, 0) is 32.6 Å². The molecule has 1 N–H and O–H groups in total. The Bertz CT molecular complexity index is 456. The quantitative estimate of drug-likeness (QED) is 0.788. The van der Waals surface area contributed by atoms with Gasteiger partial charge in [-0.1, -0.05) is 0 Å². The molecule has 7 heteroatoms. The number of carboxylic acids is 1. The van der Waals surface area contributed by atoms with Crippen molar-refractivity contribution >= 4 is 16.0 Å². The van der Waals surface area contributed by atoms with Crippen LogP contribution >= 0.6 is 0 Å². The highest BCUT2D eigenvalue weighted by Gasteiger charge is 2.62. The molecule has 1 saturated carbocycles. The van der Waals surface area contributed by atoms with Crippen molar-refractivity contribution in [2.45, 2.75) is 42.9 Å². The van der Waals surface area contributed by atoms with Gasteiger partial charge in [0.05, 0.1) is 6.61 Å². The van der Waals surface area contributed by atoms with Crippen LogP contribution in [0.15, 0.2) is 0 Å². The van der Waals surface area contributed by atoms with E-state index in [0.717, 1.165) is 0 Å². The van der Waals surface area contributed by atoms with Crippen LogP contribution in [0.5, 0.6) is 0 Å². The van der Waals surface area contributed by atoms with E-state index in [2.05, 4.69) is 0 Å². The first kappa shape index (κ1) is 13.8. The van der Waals surface area contributed by atoms with Crippen molar-refractivity contribution in [1.82, 2.24) is 4.31 Å². The predicted octanol–water partition coefficient (Wildman–Crippen LogP) is 0.434. The summed E-state index contributed by atoms with van der Waals surface area (Å²) in [5.74, 6) is -1.07. The fourth-order valence-electron chi connectivity index (χ4n) is 2.65. The number of ether oxygens (including phenoxy) is 1. The molecule has 6 nitrogen and oxygen atoms in total. The van der Waals surface area contributed by atoms with Gasteiger partial charge >= 0.3 is 5.97 Å². The summed E-state index contributed by atoms with van der Waals surface area (Å²) in [4.78, 5) is 11.3. The number of hydrogen-bond donors (Lipinski definition) is 1. The summed E-state index contributed by atoms with van der Waals surface area (Å²) < 4.78 is 30.5. The Labute approximate surface area is 107 Å². The SMILES string of the molecule is COCC1(S(=O)(=O)N2CCC[C@@]2(C)C(=O)O)CC1. The second kappa shape index (κ2) is 4.18. The lowest BCUT2D eigenvalue weighted by Crippen LogP contribution is -2.54. The summed E-state index contributed by atoms with van der Waals surface area (Å²) in [6.45, 7) is 1.92. The molecule has 2 rings (SSSR count). The number of methoxy groups -OCH3 is 1. The number of carboxylic acid groups (broad SMARTS) is 1. The first-order valence-corrected chi connectivity index (χ1v) is 7.49. The van der Waals surface area contributed by atoms with Gasteiger partial charge in [0.1, 0.15) is 10.3 Å². The predicted molar refractivity (Wildman–Crippen MR) is 64.7 cm³/mol. The number of carbonyl (C=O) groups is 1. The van der Waals surface area contributed by atoms with Gasteiger partial charge in [-0.15, -0.1) is 0 Å². The normalized spacial score (nSPS) is 31.4. The van der Waals surface area contributed by atoms with E-state index in [1.165, 1.54) is 18.3 Å². The molecule has 0 radical (unpaired) electrons. The maximum absolute atomic E-state index is 12.6. The van der Waals surface area contributed by atoms with E-state index < -0.39 is 26.3 Å². The molecule has 1 aliphatic heterocycles. The maximum atomic E-state index is 12.6. The van der Waals surface area contributed by atoms with Crippen molar-refractivity contribution in [3.05, 3.63) is 0 Å². The van der Waals surface area contributed by atoms with E-state index in [4.69, 9.17) is 4.74 Å². The van der Waals surface area contributed by atoms with Crippen LogP contribution in [0, 0.1) is 0 Å². The third kappa shape index (κ3) is 1.76. The number of sulfonamides is 1. The third-order valence-corrected chi connectivity index (χ3v) is 6.87. The fourth-order valence-corrected chi connectivity index (χ4v) is 5.07. The highest BCUT2D eigenvalue weighted by molar-refractivity contribution is 7.91. The second-order valence-corrected chi connectivity index (χ2v) is 7.63. The summed E-state index contributed by atoms with van der Waals surface area (Å²) in [6.07, 6.45) is 2.06. The van der Waals surface area contributed by atoms with Gasteiger partial charge in [0.15, 0.2) is 0 Å². The molecule has 1 atom stereocenters. The van der Waals surface area contributed by atoms with E-state index in [-0.39, 0.29) is 13.2 Å². The lowest BCUT2D eigenvalue weighted by Gasteiger charge is -2.33. The van der Waals surface area contributed by atoms with Crippen molar-refractivity contribution in [2.24, 2.45) is 0 Å². The van der Waals surface area contributed by atoms with Crippen molar-refractivity contribution < 1.29 is 23.1 Å². The lowest BCUT2D eigenvalue weighted by molar-refractivity contribution is -0.146. The van der Waals surface area contributed by atoms with Crippen molar-refractivity contribution in [3.63, 3.8) is 0 Å². The molecule has 0 spiro atoms. The largest absolute Gasteiger partial charge is 0.480 e. The number of rotatable bonds is 5. The standard InChI is InChI=1S/C11H19NO5S/c1-10(9(13)14)4-3-7-12(10)18(15,16)11(5-6-11)8-17-2/h3-8H2,1-2H3,(H,13,14)/t10-/m0/s1. The summed E-state index contributed by atoms with van der Waals surface area (Å²) in [7, 11) is -2.15. The van der Waals surface area contributed by atoms with Crippen LogP contribution in [0.3, 0.4) is 0 Å². The summed E-state index contributed by atoms with van der Waals surface area (Å²) in [6, 6.07) is 0. The Kier molecular flexibility index (Phi) is 3.19. The van der Waals surface area contributed by atoms with E-state index in [1.807, 2.05) is 0 Å². The minimum Gasteiger partial charge on any atom is -0.480 e. The lowest BCUT2D eigenvalue weighted by atomic mass is 10.0. The van der Waals surface area contributed by atoms with Crippen LogP contribution in [0.1, 0.15) is 32.6 Å². The molecule has 104 valence electrons. The topological polar surface area (TPSA) is 83.9 Å². The van der Waals surface area contributed by atoms with Gasteiger partial charge in [0.2, 0.25) is 10.0 Å². The molecule has 1 heterocycles. The minimum absolute atomic E-state index is 0.140. The van der Waals surface area contributed by atoms with Crippen LogP contribution in [0.25, 0.3) is 0 Å². The molecule has 0 aromatic rings. The van der Waals surface area contributed by atoms with Crippen LogP contribution < -0.4 is 0 Å². The zero-order chi connectivity index (χ0) is 13.6. The first-order chi connectivity index (χ1) is 8.30. The Morgan fingerprint density at radius 3 is 2.44 bits per heavy atom. The molecule has 18 heavy (non-hydrogen) atoms. The zero-order valence-electron chi connectivity index (χ0n) is 10.7. The Balaban J connectivity index is 2.34. The van der Waals surface area contributed by atoms with E-state index in [0.29, 0.717) is 25.7 Å². The fraction of sp³-hybridized carbons (Fsp3) is 0.909. The molecular formula is C11H19NO5S. The van der Waals surface area contributed by atoms with E-state index in [1.54, 1.807) is 0 Å². The molecule has 2 fully saturated rings. The molecule has 0 aromatic carbocycles. The third-order valence-electron chi connectivity index (χ3n) is 4.09. The van der Waals surface area contributed by atoms with Crippen LogP contribution in [-0.2, 0) is 19.6 Å². The van der Waals surface area contributed by atoms with Crippen molar-refractivity contribution in [1.29, 1.82) is 0 Å². The van der Waals surface area contributed by atoms with Gasteiger partial charge in [0, 0.05) is 13.7 Å². The molecule has 1 saturated heterocycles. The van der Waals surface area contributed by atoms with Crippen LogP contribution in [-0.4, -0.2) is 54.3 Å². The highest BCUT2D eigenvalue weighted by atomic mass is 32.2. The average Bonchev–Trinajstić information content (AvgIpc) is 2.95. The summed E-state index contributed by atoms with van der Waals surface area (Å²) in [5.41, 5.74) is -1.30. The van der Waals surface area contributed by atoms with E-state index >= 15 is 0 Å². The number of nitrogens with zero attached hydrogens (tertiary/aromatic N) is 1. The van der Waals surface area contributed by atoms with Gasteiger partial charge in [-0.2, -0.15) is 4.31 Å². The zero-order valence-corrected chi connectivity index (χ0v) is 11.5. The second-order valence-electron chi connectivity index (χ2n) is 5.38. The Hall–Kier alpha value is -0.660. The molecule has 0 amide bonds. The molecule has 0 unspecified atom stereocenters. The molecule has 1 aliphatic carbocycles. The average molecular weight is 277 g/mol. The molecule has 0 aromatic heterocycles. The van der Waals surface area contributed by atoms with Gasteiger partial charge in [-0.3, -0.25) is 4.79 Å². The minimum atomic E-state index is -3.61. The van der Waals surface area contributed by atoms with Crippen molar-refractivity contribution in [3.8, 4) is 0 Å². The van der Waals surface area contributed by atoms with Crippen LogP contribution in [0.2, 0.25) is 0 Å². The summed E-state index contributed by atoms with van der Waals surface area (Å²) in [5, 5.41) is 9.28. The first-order valence-electron chi connectivity index (χ1n) is 6.05. The van der Waals surface area contributed by atoms with Crippen LogP contribution in [0.4, 0.5) is 0 Å². The monoisotopic (exact) mass is 277 g/mol. The smallest absolute Gasteiger partial charge is 0.324 e. The number of aliphatic carboxylic acids is 1. The van der Waals surface area contributed by atoms with Gasteiger partial charge in [-0.25, -0.2) is 8.42 Å².